The van der Waals surface area contributed by atoms with E-state index in [1.54, 1.807) is 24.3 Å². The van der Waals surface area contributed by atoms with Gasteiger partial charge in [-0.3, -0.25) is 0 Å². The van der Waals surface area contributed by atoms with Crippen molar-refractivity contribution >= 4 is 34.7 Å². The van der Waals surface area contributed by atoms with Crippen LogP contribution in [0.2, 0.25) is 0 Å². The molecule has 0 aliphatic rings. The third kappa shape index (κ3) is 4.40. The third-order valence-electron chi connectivity index (χ3n) is 1.64. The molecule has 0 aliphatic carbocycles. The Morgan fingerprint density at radius 1 is 1.47 bits per heavy atom. The molecular formula is C10H10ClNO2S. The zero-order chi connectivity index (χ0) is 11.1. The van der Waals surface area contributed by atoms with Crippen molar-refractivity contribution in [3.8, 4) is 5.75 Å². The maximum atomic E-state index is 9.32. The standard InChI is InChI=1S/C10H10ClNO2S/c11-6-5-10(13)14-9-3-1-8(2-4-9)12-7-15/h1-4,10,13H,5-6H2. The Morgan fingerprint density at radius 3 is 2.67 bits per heavy atom. The van der Waals surface area contributed by atoms with E-state index in [0.29, 0.717) is 23.7 Å². The Bertz CT molecular complexity index is 349. The highest BCUT2D eigenvalue weighted by atomic mass is 35.5. The summed E-state index contributed by atoms with van der Waals surface area (Å²) < 4.78 is 5.17. The van der Waals surface area contributed by atoms with Crippen molar-refractivity contribution in [2.75, 3.05) is 5.88 Å². The van der Waals surface area contributed by atoms with Crippen molar-refractivity contribution in [1.82, 2.24) is 0 Å². The Morgan fingerprint density at radius 2 is 2.13 bits per heavy atom. The lowest BCUT2D eigenvalue weighted by Crippen LogP contribution is -2.15. The van der Waals surface area contributed by atoms with Gasteiger partial charge in [-0.15, -0.1) is 11.6 Å². The van der Waals surface area contributed by atoms with Crippen molar-refractivity contribution in [2.45, 2.75) is 12.7 Å². The lowest BCUT2D eigenvalue weighted by molar-refractivity contribution is -0.0184. The minimum Gasteiger partial charge on any atom is -0.465 e. The first-order chi connectivity index (χ1) is 7.26. The first-order valence-corrected chi connectivity index (χ1v) is 5.29. The van der Waals surface area contributed by atoms with Gasteiger partial charge in [-0.05, 0) is 36.5 Å². The fourth-order valence-corrected chi connectivity index (χ4v) is 1.25. The molecule has 15 heavy (non-hydrogen) atoms. The number of benzene rings is 1. The molecule has 0 spiro atoms. The van der Waals surface area contributed by atoms with Crippen LogP contribution >= 0.6 is 23.8 Å². The molecule has 0 radical (unpaired) electrons. The highest BCUT2D eigenvalue weighted by Gasteiger charge is 2.04. The number of hydrogen-bond donors (Lipinski definition) is 1. The van der Waals surface area contributed by atoms with E-state index in [0.717, 1.165) is 0 Å². The van der Waals surface area contributed by atoms with Gasteiger partial charge in [0.15, 0.2) is 6.29 Å². The van der Waals surface area contributed by atoms with Gasteiger partial charge in [-0.1, -0.05) is 0 Å². The Kier molecular flexibility index (Phi) is 5.29. The molecule has 1 rings (SSSR count). The van der Waals surface area contributed by atoms with E-state index in [9.17, 15) is 5.11 Å². The molecule has 0 bridgehead atoms. The number of aliphatic imine (C=N–C) groups is 1. The SMILES string of the molecule is OC(CCCl)Oc1ccc(N=C=S)cc1. The number of aliphatic hydroxyl groups excluding tert-OH is 1. The van der Waals surface area contributed by atoms with Gasteiger partial charge < -0.3 is 9.84 Å². The molecule has 0 saturated carbocycles. The third-order valence-corrected chi connectivity index (χ3v) is 1.95. The highest BCUT2D eigenvalue weighted by Crippen LogP contribution is 2.18. The summed E-state index contributed by atoms with van der Waals surface area (Å²) in [5.74, 6) is 0.921. The monoisotopic (exact) mass is 243 g/mol. The van der Waals surface area contributed by atoms with E-state index >= 15 is 0 Å². The van der Waals surface area contributed by atoms with Gasteiger partial charge in [0.05, 0.1) is 10.8 Å². The van der Waals surface area contributed by atoms with Crippen LogP contribution in [0.3, 0.4) is 0 Å². The molecule has 0 aliphatic heterocycles. The summed E-state index contributed by atoms with van der Waals surface area (Å²) in [5, 5.41) is 11.6. The van der Waals surface area contributed by atoms with Crippen LogP contribution in [0.5, 0.6) is 5.75 Å². The van der Waals surface area contributed by atoms with Crippen LogP contribution in [0.25, 0.3) is 0 Å². The fourth-order valence-electron chi connectivity index (χ4n) is 0.961. The van der Waals surface area contributed by atoms with E-state index in [4.69, 9.17) is 16.3 Å². The van der Waals surface area contributed by atoms with Crippen molar-refractivity contribution in [3.63, 3.8) is 0 Å². The predicted molar refractivity (Wildman–Crippen MR) is 63.1 cm³/mol. The van der Waals surface area contributed by atoms with E-state index in [2.05, 4.69) is 22.4 Å². The average Bonchev–Trinajstić information content (AvgIpc) is 2.22. The molecule has 0 amide bonds. The van der Waals surface area contributed by atoms with E-state index in [1.807, 2.05) is 0 Å². The first kappa shape index (κ1) is 12.1. The van der Waals surface area contributed by atoms with Crippen LogP contribution in [-0.2, 0) is 0 Å². The van der Waals surface area contributed by atoms with Crippen molar-refractivity contribution in [3.05, 3.63) is 24.3 Å². The number of nitrogens with zero attached hydrogens (tertiary/aromatic N) is 1. The number of halogens is 1. The lowest BCUT2D eigenvalue weighted by atomic mass is 10.3. The number of alkyl halides is 1. The minimum absolute atomic E-state index is 0.356. The van der Waals surface area contributed by atoms with Crippen molar-refractivity contribution in [2.24, 2.45) is 4.99 Å². The molecule has 0 saturated heterocycles. The summed E-state index contributed by atoms with van der Waals surface area (Å²) >= 11 is 9.92. The number of hydrogen-bond acceptors (Lipinski definition) is 4. The number of ether oxygens (including phenoxy) is 1. The maximum absolute atomic E-state index is 9.32. The van der Waals surface area contributed by atoms with Gasteiger partial charge in [-0.25, -0.2) is 0 Å². The van der Waals surface area contributed by atoms with E-state index in [-0.39, 0.29) is 0 Å². The second-order valence-corrected chi connectivity index (χ2v) is 3.31. The smallest absolute Gasteiger partial charge is 0.198 e. The van der Waals surface area contributed by atoms with E-state index < -0.39 is 6.29 Å². The van der Waals surface area contributed by atoms with Crippen LogP contribution < -0.4 is 4.74 Å². The molecule has 1 aromatic carbocycles. The van der Waals surface area contributed by atoms with Crippen LogP contribution in [0.1, 0.15) is 6.42 Å². The van der Waals surface area contributed by atoms with Gasteiger partial charge in [0.2, 0.25) is 0 Å². The second-order valence-electron chi connectivity index (χ2n) is 2.75. The second kappa shape index (κ2) is 6.53. The molecule has 0 fully saturated rings. The predicted octanol–water partition coefficient (Wildman–Crippen LogP) is 2.75. The van der Waals surface area contributed by atoms with Gasteiger partial charge in [0, 0.05) is 12.3 Å². The Labute approximate surface area is 98.4 Å². The number of rotatable bonds is 5. The molecule has 1 unspecified atom stereocenters. The largest absolute Gasteiger partial charge is 0.465 e. The molecule has 0 heterocycles. The molecule has 1 aromatic rings. The zero-order valence-electron chi connectivity index (χ0n) is 7.89. The van der Waals surface area contributed by atoms with Crippen LogP contribution in [0.4, 0.5) is 5.69 Å². The quantitative estimate of drug-likeness (QED) is 0.374. The topological polar surface area (TPSA) is 41.8 Å². The Hall–Kier alpha value is -0.930. The zero-order valence-corrected chi connectivity index (χ0v) is 9.46. The molecule has 80 valence electrons. The van der Waals surface area contributed by atoms with Gasteiger partial charge in [0.1, 0.15) is 5.75 Å². The molecule has 3 nitrogen and oxygen atoms in total. The summed E-state index contributed by atoms with van der Waals surface area (Å²) in [6.45, 7) is 0. The first-order valence-electron chi connectivity index (χ1n) is 4.35. The lowest BCUT2D eigenvalue weighted by Gasteiger charge is -2.11. The number of isothiocyanates is 1. The summed E-state index contributed by atoms with van der Waals surface area (Å²) in [7, 11) is 0. The average molecular weight is 244 g/mol. The number of aliphatic hydroxyl groups is 1. The molecule has 1 atom stereocenters. The summed E-state index contributed by atoms with van der Waals surface area (Å²) in [6, 6.07) is 6.84. The minimum atomic E-state index is -0.873. The van der Waals surface area contributed by atoms with Crippen molar-refractivity contribution < 1.29 is 9.84 Å². The maximum Gasteiger partial charge on any atom is 0.198 e. The Balaban J connectivity index is 2.60. The van der Waals surface area contributed by atoms with Gasteiger partial charge in [-0.2, -0.15) is 4.99 Å². The summed E-state index contributed by atoms with van der Waals surface area (Å²) in [6.07, 6.45) is -0.483. The molecule has 5 heteroatoms. The highest BCUT2D eigenvalue weighted by molar-refractivity contribution is 7.78. The van der Waals surface area contributed by atoms with E-state index in [1.165, 1.54) is 0 Å². The molecule has 0 aromatic heterocycles. The fraction of sp³-hybridized carbons (Fsp3) is 0.300. The number of thiocarbonyl (C=S) groups is 1. The summed E-state index contributed by atoms with van der Waals surface area (Å²) in [4.78, 5) is 3.79. The van der Waals surface area contributed by atoms with Crippen LogP contribution in [0, 0.1) is 0 Å². The van der Waals surface area contributed by atoms with Crippen molar-refractivity contribution in [1.29, 1.82) is 0 Å². The normalized spacial score (nSPS) is 11.6. The summed E-state index contributed by atoms with van der Waals surface area (Å²) in [5.41, 5.74) is 0.698. The molecular weight excluding hydrogens is 234 g/mol. The van der Waals surface area contributed by atoms with Gasteiger partial charge >= 0.3 is 0 Å². The van der Waals surface area contributed by atoms with Gasteiger partial charge in [0.25, 0.3) is 0 Å². The van der Waals surface area contributed by atoms with Crippen LogP contribution in [0.15, 0.2) is 29.3 Å². The van der Waals surface area contributed by atoms with Crippen LogP contribution in [-0.4, -0.2) is 22.4 Å². The molecule has 1 N–H and O–H groups in total.